The molecule has 0 spiro atoms. The standard InChI is InChI=1S/C17H21N3O4S/c1-19(13-14-7-5-4-6-8-14)17(21)18-15-9-11-16(12-10-15)25(22,23)20(2)24-3/h4-12H,13H2,1-3H3,(H,18,21). The number of anilines is 1. The number of hydrogen-bond donors (Lipinski definition) is 1. The fraction of sp³-hybridized carbons (Fsp3) is 0.235. The van der Waals surface area contributed by atoms with Gasteiger partial charge in [0.25, 0.3) is 10.0 Å². The van der Waals surface area contributed by atoms with Crippen molar-refractivity contribution in [2.75, 3.05) is 26.5 Å². The lowest BCUT2D eigenvalue weighted by atomic mass is 10.2. The van der Waals surface area contributed by atoms with Crippen LogP contribution in [0.15, 0.2) is 59.5 Å². The monoisotopic (exact) mass is 363 g/mol. The molecule has 0 heterocycles. The lowest BCUT2D eigenvalue weighted by Crippen LogP contribution is -2.30. The number of sulfonamides is 1. The Hall–Kier alpha value is -2.42. The number of benzene rings is 2. The molecule has 0 aliphatic heterocycles. The van der Waals surface area contributed by atoms with Crippen LogP contribution in [0.5, 0.6) is 0 Å². The predicted molar refractivity (Wildman–Crippen MR) is 95.3 cm³/mol. The summed E-state index contributed by atoms with van der Waals surface area (Å²) in [6.45, 7) is 0.470. The number of hydrogen-bond acceptors (Lipinski definition) is 4. The Morgan fingerprint density at radius 1 is 1.04 bits per heavy atom. The normalized spacial score (nSPS) is 11.4. The van der Waals surface area contributed by atoms with E-state index in [9.17, 15) is 13.2 Å². The molecule has 2 rings (SSSR count). The van der Waals surface area contributed by atoms with E-state index in [0.29, 0.717) is 12.2 Å². The molecule has 0 saturated carbocycles. The Morgan fingerprint density at radius 2 is 1.64 bits per heavy atom. The van der Waals surface area contributed by atoms with E-state index in [1.54, 1.807) is 11.9 Å². The molecule has 0 radical (unpaired) electrons. The van der Waals surface area contributed by atoms with Gasteiger partial charge in [-0.1, -0.05) is 34.8 Å². The quantitative estimate of drug-likeness (QED) is 0.800. The number of rotatable bonds is 6. The number of nitrogens with one attached hydrogen (secondary N) is 1. The maximum absolute atomic E-state index is 12.2. The molecule has 25 heavy (non-hydrogen) atoms. The average Bonchev–Trinajstić information content (AvgIpc) is 2.62. The highest BCUT2D eigenvalue weighted by Crippen LogP contribution is 2.18. The van der Waals surface area contributed by atoms with Gasteiger partial charge in [-0.25, -0.2) is 13.2 Å². The van der Waals surface area contributed by atoms with Crippen LogP contribution in [0, 0.1) is 0 Å². The highest BCUT2D eigenvalue weighted by Gasteiger charge is 2.20. The van der Waals surface area contributed by atoms with Crippen molar-refractivity contribution in [3.05, 3.63) is 60.2 Å². The minimum atomic E-state index is -3.70. The molecule has 2 aromatic rings. The zero-order valence-corrected chi connectivity index (χ0v) is 15.2. The lowest BCUT2D eigenvalue weighted by molar-refractivity contribution is -0.0258. The average molecular weight is 363 g/mol. The Bertz CT molecular complexity index is 808. The van der Waals surface area contributed by atoms with Gasteiger partial charge in [0.15, 0.2) is 0 Å². The van der Waals surface area contributed by atoms with Gasteiger partial charge in [-0.05, 0) is 29.8 Å². The third-order valence-electron chi connectivity index (χ3n) is 3.61. The summed E-state index contributed by atoms with van der Waals surface area (Å²) in [6.07, 6.45) is 0. The molecule has 0 aliphatic rings. The fourth-order valence-corrected chi connectivity index (χ4v) is 3.08. The van der Waals surface area contributed by atoms with E-state index in [1.807, 2.05) is 30.3 Å². The molecule has 0 bridgehead atoms. The summed E-state index contributed by atoms with van der Waals surface area (Å²) in [7, 11) is 0.568. The Morgan fingerprint density at radius 3 is 2.20 bits per heavy atom. The van der Waals surface area contributed by atoms with Crippen LogP contribution in [0.4, 0.5) is 10.5 Å². The van der Waals surface area contributed by atoms with Crippen LogP contribution < -0.4 is 5.32 Å². The number of hydroxylamine groups is 1. The Balaban J connectivity index is 2.02. The second-order valence-electron chi connectivity index (χ2n) is 5.39. The number of amides is 2. The van der Waals surface area contributed by atoms with E-state index in [4.69, 9.17) is 4.84 Å². The molecule has 2 aromatic carbocycles. The van der Waals surface area contributed by atoms with Crippen molar-refractivity contribution in [1.82, 2.24) is 9.37 Å². The van der Waals surface area contributed by atoms with Gasteiger partial charge in [-0.3, -0.25) is 4.84 Å². The summed E-state index contributed by atoms with van der Waals surface area (Å²) < 4.78 is 25.0. The van der Waals surface area contributed by atoms with Gasteiger partial charge in [0.05, 0.1) is 12.0 Å². The highest BCUT2D eigenvalue weighted by atomic mass is 32.2. The Kier molecular flexibility index (Phi) is 6.13. The first-order chi connectivity index (χ1) is 11.8. The SMILES string of the molecule is CON(C)S(=O)(=O)c1ccc(NC(=O)N(C)Cc2ccccc2)cc1. The van der Waals surface area contributed by atoms with E-state index in [0.717, 1.165) is 10.0 Å². The van der Waals surface area contributed by atoms with Crippen LogP contribution in [0.2, 0.25) is 0 Å². The topological polar surface area (TPSA) is 79.0 Å². The van der Waals surface area contributed by atoms with Gasteiger partial charge < -0.3 is 10.2 Å². The van der Waals surface area contributed by atoms with Gasteiger partial charge >= 0.3 is 6.03 Å². The summed E-state index contributed by atoms with van der Waals surface area (Å²) in [5, 5.41) is 2.73. The first-order valence-electron chi connectivity index (χ1n) is 7.53. The minimum Gasteiger partial charge on any atom is -0.323 e. The first-order valence-corrected chi connectivity index (χ1v) is 8.97. The van der Waals surface area contributed by atoms with Crippen LogP contribution in [0.25, 0.3) is 0 Å². The molecule has 1 N–H and O–H groups in total. The van der Waals surface area contributed by atoms with Crippen molar-refractivity contribution in [1.29, 1.82) is 0 Å². The maximum Gasteiger partial charge on any atom is 0.321 e. The molecule has 0 fully saturated rings. The van der Waals surface area contributed by atoms with Gasteiger partial charge in [0.1, 0.15) is 0 Å². The van der Waals surface area contributed by atoms with Crippen molar-refractivity contribution < 1.29 is 18.0 Å². The number of nitrogens with zero attached hydrogens (tertiary/aromatic N) is 2. The van der Waals surface area contributed by atoms with Crippen molar-refractivity contribution in [3.63, 3.8) is 0 Å². The molecule has 8 heteroatoms. The summed E-state index contributed by atoms with van der Waals surface area (Å²) in [5.41, 5.74) is 1.52. The third kappa shape index (κ3) is 4.79. The molecular formula is C17H21N3O4S. The number of carbonyl (C=O) groups is 1. The van der Waals surface area contributed by atoms with Gasteiger partial charge in [-0.2, -0.15) is 0 Å². The summed E-state index contributed by atoms with van der Waals surface area (Å²) in [6, 6.07) is 15.2. The molecule has 134 valence electrons. The predicted octanol–water partition coefficient (Wildman–Crippen LogP) is 2.53. The van der Waals surface area contributed by atoms with E-state index < -0.39 is 10.0 Å². The zero-order valence-electron chi connectivity index (χ0n) is 14.3. The summed E-state index contributed by atoms with van der Waals surface area (Å²) in [5.74, 6) is 0. The maximum atomic E-state index is 12.2. The summed E-state index contributed by atoms with van der Waals surface area (Å²) >= 11 is 0. The highest BCUT2D eigenvalue weighted by molar-refractivity contribution is 7.89. The minimum absolute atomic E-state index is 0.0764. The number of urea groups is 1. The molecule has 7 nitrogen and oxygen atoms in total. The van der Waals surface area contributed by atoms with Gasteiger partial charge in [0.2, 0.25) is 0 Å². The van der Waals surface area contributed by atoms with Crippen molar-refractivity contribution in [3.8, 4) is 0 Å². The van der Waals surface area contributed by atoms with E-state index >= 15 is 0 Å². The second kappa shape index (κ2) is 8.11. The zero-order chi connectivity index (χ0) is 18.4. The van der Waals surface area contributed by atoms with Crippen LogP contribution in [0.3, 0.4) is 0 Å². The lowest BCUT2D eigenvalue weighted by Gasteiger charge is -2.18. The van der Waals surface area contributed by atoms with Gasteiger partial charge in [-0.15, -0.1) is 0 Å². The van der Waals surface area contributed by atoms with Crippen LogP contribution >= 0.6 is 0 Å². The molecule has 0 atom stereocenters. The Labute approximate surface area is 147 Å². The smallest absolute Gasteiger partial charge is 0.321 e. The fourth-order valence-electron chi connectivity index (χ4n) is 2.10. The van der Waals surface area contributed by atoms with Gasteiger partial charge in [0, 0.05) is 26.3 Å². The molecule has 0 aliphatic carbocycles. The largest absolute Gasteiger partial charge is 0.323 e. The third-order valence-corrected chi connectivity index (χ3v) is 5.30. The van der Waals surface area contributed by atoms with Crippen LogP contribution in [0.1, 0.15) is 5.56 Å². The van der Waals surface area contributed by atoms with Crippen molar-refractivity contribution in [2.45, 2.75) is 11.4 Å². The van der Waals surface area contributed by atoms with E-state index in [2.05, 4.69) is 5.32 Å². The molecule has 0 unspecified atom stereocenters. The van der Waals surface area contributed by atoms with Crippen molar-refractivity contribution >= 4 is 21.7 Å². The molecule has 0 saturated heterocycles. The van der Waals surface area contributed by atoms with Crippen molar-refractivity contribution in [2.24, 2.45) is 0 Å². The van der Waals surface area contributed by atoms with Crippen LogP contribution in [-0.2, 0) is 21.4 Å². The second-order valence-corrected chi connectivity index (χ2v) is 7.33. The molecular weight excluding hydrogens is 342 g/mol. The van der Waals surface area contributed by atoms with Crippen LogP contribution in [-0.4, -0.2) is 45.0 Å². The first kappa shape index (κ1) is 18.9. The molecule has 2 amide bonds. The van der Waals surface area contributed by atoms with E-state index in [1.165, 1.54) is 38.4 Å². The summed E-state index contributed by atoms with van der Waals surface area (Å²) in [4.78, 5) is 18.6. The van der Waals surface area contributed by atoms with E-state index in [-0.39, 0.29) is 10.9 Å². The number of carbonyl (C=O) groups excluding carboxylic acids is 1. The molecule has 0 aromatic heterocycles.